The van der Waals surface area contributed by atoms with Gasteiger partial charge in [0.25, 0.3) is 0 Å². The minimum absolute atomic E-state index is 0.195. The molecule has 2 saturated carbocycles. The van der Waals surface area contributed by atoms with Gasteiger partial charge in [-0.25, -0.2) is 9.78 Å². The molecule has 9 heteroatoms. The van der Waals surface area contributed by atoms with E-state index in [1.165, 1.54) is 0 Å². The van der Waals surface area contributed by atoms with Crippen molar-refractivity contribution in [1.82, 2.24) is 15.6 Å². The summed E-state index contributed by atoms with van der Waals surface area (Å²) in [4.78, 5) is 44.0. The Morgan fingerprint density at radius 2 is 1.81 bits per heavy atom. The minimum Gasteiger partial charge on any atom is -0.497 e. The predicted octanol–water partition coefficient (Wildman–Crippen LogP) is 4.50. The van der Waals surface area contributed by atoms with Crippen LogP contribution in [0.3, 0.4) is 0 Å². The van der Waals surface area contributed by atoms with Gasteiger partial charge < -0.3 is 25.2 Å². The summed E-state index contributed by atoms with van der Waals surface area (Å²) in [7, 11) is 1.60. The standard InChI is InChI=1S/C33H35N3O6/c1-41-22-12-13-24-28(17-22)35-27(20-9-5-4-6-10-20)18-29(24)42-23-15-25-26(16-23)31(38)36-33(32(39)40)19-21(33)11-7-2-3-8-14-34-30(25)37/h4-7,9-13,17-18,21,23,25-26H,2-3,8,14-16,19H2,1H3,(H,34,37)(H,36,38)(H,39,40)/b11-7-/t21-,23+,25-,26-,33-/m1/s1. The van der Waals surface area contributed by atoms with Crippen molar-refractivity contribution in [2.45, 2.75) is 50.2 Å². The molecule has 2 amide bonds. The van der Waals surface area contributed by atoms with Crippen LogP contribution < -0.4 is 20.1 Å². The lowest BCUT2D eigenvalue weighted by molar-refractivity contribution is -0.144. The number of ether oxygens (including phenoxy) is 2. The van der Waals surface area contributed by atoms with Gasteiger partial charge in [-0.15, -0.1) is 0 Å². The number of pyridine rings is 1. The molecule has 0 bridgehead atoms. The van der Waals surface area contributed by atoms with E-state index in [4.69, 9.17) is 14.5 Å². The summed E-state index contributed by atoms with van der Waals surface area (Å²) in [6.45, 7) is 0.531. The minimum atomic E-state index is -1.32. The maximum absolute atomic E-state index is 13.6. The van der Waals surface area contributed by atoms with Gasteiger partial charge in [-0.3, -0.25) is 9.59 Å². The molecule has 9 nitrogen and oxygen atoms in total. The molecule has 3 aliphatic rings. The first kappa shape index (κ1) is 27.8. The topological polar surface area (TPSA) is 127 Å². The van der Waals surface area contributed by atoms with Gasteiger partial charge in [0.15, 0.2) is 0 Å². The Bertz CT molecular complexity index is 1540. The summed E-state index contributed by atoms with van der Waals surface area (Å²) in [5.41, 5.74) is 1.05. The van der Waals surface area contributed by atoms with Crippen molar-refractivity contribution >= 4 is 28.7 Å². The molecule has 218 valence electrons. The number of hydrogen-bond acceptors (Lipinski definition) is 6. The van der Waals surface area contributed by atoms with Gasteiger partial charge >= 0.3 is 5.97 Å². The highest BCUT2D eigenvalue weighted by Crippen LogP contribution is 2.46. The zero-order chi connectivity index (χ0) is 29.3. The van der Waals surface area contributed by atoms with E-state index in [0.29, 0.717) is 42.8 Å². The van der Waals surface area contributed by atoms with E-state index >= 15 is 0 Å². The number of aliphatic carboxylic acids is 1. The number of carbonyl (C=O) groups is 3. The fraction of sp³-hybridized carbons (Fsp3) is 0.394. The zero-order valence-electron chi connectivity index (χ0n) is 23.5. The monoisotopic (exact) mass is 569 g/mol. The van der Waals surface area contributed by atoms with Crippen molar-refractivity contribution in [2.24, 2.45) is 17.8 Å². The molecule has 2 fully saturated rings. The summed E-state index contributed by atoms with van der Waals surface area (Å²) in [5, 5.41) is 16.6. The van der Waals surface area contributed by atoms with Crippen molar-refractivity contribution < 1.29 is 29.0 Å². The molecule has 2 aromatic carbocycles. The summed E-state index contributed by atoms with van der Waals surface area (Å²) < 4.78 is 12.0. The number of benzene rings is 2. The first-order chi connectivity index (χ1) is 20.4. The van der Waals surface area contributed by atoms with Gasteiger partial charge in [0, 0.05) is 35.5 Å². The average Bonchev–Trinajstić information content (AvgIpc) is 3.53. The molecule has 42 heavy (non-hydrogen) atoms. The van der Waals surface area contributed by atoms with Crippen LogP contribution >= 0.6 is 0 Å². The third-order valence-corrected chi connectivity index (χ3v) is 8.74. The van der Waals surface area contributed by atoms with Crippen LogP contribution in [0.15, 0.2) is 66.7 Å². The zero-order valence-corrected chi connectivity index (χ0v) is 23.5. The molecule has 1 aromatic heterocycles. The molecule has 6 rings (SSSR count). The molecular formula is C33H35N3O6. The number of hydrogen-bond donors (Lipinski definition) is 3. The number of rotatable bonds is 5. The highest BCUT2D eigenvalue weighted by atomic mass is 16.5. The molecule has 3 aromatic rings. The van der Waals surface area contributed by atoms with Crippen LogP contribution in [0.25, 0.3) is 22.2 Å². The Labute approximate surface area is 244 Å². The molecular weight excluding hydrogens is 534 g/mol. The summed E-state index contributed by atoms with van der Waals surface area (Å²) in [6.07, 6.45) is 6.94. The van der Waals surface area contributed by atoms with Crippen molar-refractivity contribution in [3.05, 3.63) is 66.7 Å². The van der Waals surface area contributed by atoms with Crippen molar-refractivity contribution in [3.8, 4) is 22.8 Å². The van der Waals surface area contributed by atoms with Gasteiger partial charge in [-0.05, 0) is 50.7 Å². The number of amides is 2. The first-order valence-electron chi connectivity index (χ1n) is 14.6. The second kappa shape index (κ2) is 11.5. The van der Waals surface area contributed by atoms with Crippen molar-refractivity contribution in [2.75, 3.05) is 13.7 Å². The average molecular weight is 570 g/mol. The first-order valence-corrected chi connectivity index (χ1v) is 14.6. The molecule has 0 radical (unpaired) electrons. The largest absolute Gasteiger partial charge is 0.497 e. The van der Waals surface area contributed by atoms with Crippen LogP contribution in [-0.4, -0.2) is 53.2 Å². The van der Waals surface area contributed by atoms with Gasteiger partial charge in [0.2, 0.25) is 11.8 Å². The highest BCUT2D eigenvalue weighted by molar-refractivity contribution is 5.94. The van der Waals surface area contributed by atoms with Gasteiger partial charge in [0.05, 0.1) is 30.2 Å². The Kier molecular flexibility index (Phi) is 7.58. The third kappa shape index (κ3) is 5.43. The van der Waals surface area contributed by atoms with E-state index in [9.17, 15) is 19.5 Å². The summed E-state index contributed by atoms with van der Waals surface area (Å²) in [6, 6.07) is 17.3. The molecule has 3 N–H and O–H groups in total. The van der Waals surface area contributed by atoms with Crippen LogP contribution in [0.1, 0.15) is 38.5 Å². The SMILES string of the molecule is COc1ccc2c(O[C@H]3C[C@H]4C(=O)NCCCC/C=C\[C@@H]5C[C@@]5(C(=O)O)NC(=O)[C@@H]4C3)cc(-c3ccccc3)nc2c1. The van der Waals surface area contributed by atoms with Crippen molar-refractivity contribution in [1.29, 1.82) is 0 Å². The summed E-state index contributed by atoms with van der Waals surface area (Å²) in [5.74, 6) is -1.96. The van der Waals surface area contributed by atoms with Crippen LogP contribution in [-0.2, 0) is 14.4 Å². The smallest absolute Gasteiger partial charge is 0.330 e. The fourth-order valence-corrected chi connectivity index (χ4v) is 6.27. The van der Waals surface area contributed by atoms with E-state index in [1.54, 1.807) is 7.11 Å². The molecule has 5 atom stereocenters. The Morgan fingerprint density at radius 3 is 2.57 bits per heavy atom. The normalized spacial score (nSPS) is 28.4. The number of carboxylic acid groups (broad SMARTS) is 1. The van der Waals surface area contributed by atoms with E-state index < -0.39 is 35.4 Å². The fourth-order valence-electron chi connectivity index (χ4n) is 6.27. The Balaban J connectivity index is 1.31. The van der Waals surface area contributed by atoms with Crippen LogP contribution in [0, 0.1) is 17.8 Å². The molecule has 0 spiro atoms. The predicted molar refractivity (Wildman–Crippen MR) is 157 cm³/mol. The van der Waals surface area contributed by atoms with E-state index in [2.05, 4.69) is 10.6 Å². The van der Waals surface area contributed by atoms with Crippen LogP contribution in [0.5, 0.6) is 11.5 Å². The van der Waals surface area contributed by atoms with Gasteiger partial charge in [0.1, 0.15) is 23.1 Å². The Morgan fingerprint density at radius 1 is 1.02 bits per heavy atom. The quantitative estimate of drug-likeness (QED) is 0.386. The number of carbonyl (C=O) groups excluding carboxylic acids is 2. The summed E-state index contributed by atoms with van der Waals surface area (Å²) >= 11 is 0. The highest BCUT2D eigenvalue weighted by Gasteiger charge is 2.61. The number of aromatic nitrogens is 1. The number of methoxy groups -OCH3 is 1. The lowest BCUT2D eigenvalue weighted by Gasteiger charge is -2.22. The van der Waals surface area contributed by atoms with Gasteiger partial charge in [-0.1, -0.05) is 42.5 Å². The van der Waals surface area contributed by atoms with E-state index in [1.807, 2.05) is 66.7 Å². The lowest BCUT2D eigenvalue weighted by Crippen LogP contribution is -2.49. The Hall–Kier alpha value is -4.40. The van der Waals surface area contributed by atoms with Crippen LogP contribution in [0.2, 0.25) is 0 Å². The molecule has 2 heterocycles. The maximum Gasteiger partial charge on any atom is 0.330 e. The van der Waals surface area contributed by atoms with Crippen molar-refractivity contribution in [3.63, 3.8) is 0 Å². The van der Waals surface area contributed by atoms with Gasteiger partial charge in [-0.2, -0.15) is 0 Å². The number of fused-ring (bicyclic) bond motifs is 3. The lowest BCUT2D eigenvalue weighted by atomic mass is 9.93. The van der Waals surface area contributed by atoms with E-state index in [-0.39, 0.29) is 11.8 Å². The number of allylic oxidation sites excluding steroid dienone is 1. The molecule has 0 saturated heterocycles. The number of nitrogens with one attached hydrogen (secondary N) is 2. The maximum atomic E-state index is 13.6. The van der Waals surface area contributed by atoms with Crippen LogP contribution in [0.4, 0.5) is 0 Å². The molecule has 2 aliphatic carbocycles. The van der Waals surface area contributed by atoms with E-state index in [0.717, 1.165) is 35.9 Å². The third-order valence-electron chi connectivity index (χ3n) is 8.74. The molecule has 1 aliphatic heterocycles. The number of nitrogens with zero attached hydrogens (tertiary/aromatic N) is 1. The molecule has 0 unspecified atom stereocenters. The second-order valence-corrected chi connectivity index (χ2v) is 11.5. The second-order valence-electron chi connectivity index (χ2n) is 11.5. The number of carboxylic acids is 1.